The maximum absolute atomic E-state index is 11.1. The Hall–Kier alpha value is -1.93. The van der Waals surface area contributed by atoms with E-state index in [0.29, 0.717) is 5.82 Å². The Kier molecular flexibility index (Phi) is 3.88. The summed E-state index contributed by atoms with van der Waals surface area (Å²) in [6.07, 6.45) is 1.43. The number of aliphatic carboxylic acids is 1. The number of carbonyl (C=O) groups is 1. The number of thiophene rings is 1. The van der Waals surface area contributed by atoms with Gasteiger partial charge in [-0.2, -0.15) is 0 Å². The van der Waals surface area contributed by atoms with Gasteiger partial charge in [-0.1, -0.05) is 6.07 Å². The van der Waals surface area contributed by atoms with Gasteiger partial charge in [0.1, 0.15) is 23.0 Å². The number of halogens is 1. The zero-order chi connectivity index (χ0) is 15.9. The van der Waals surface area contributed by atoms with Crippen molar-refractivity contribution < 1.29 is 14.6 Å². The van der Waals surface area contributed by atoms with Crippen molar-refractivity contribution in [1.29, 1.82) is 0 Å². The second-order valence-electron chi connectivity index (χ2n) is 4.67. The van der Waals surface area contributed by atoms with E-state index in [1.165, 1.54) is 17.7 Å². The van der Waals surface area contributed by atoms with Crippen molar-refractivity contribution in [1.82, 2.24) is 9.97 Å². The van der Waals surface area contributed by atoms with Gasteiger partial charge in [-0.25, -0.2) is 9.97 Å². The summed E-state index contributed by atoms with van der Waals surface area (Å²) in [5, 5.41) is 13.7. The first-order chi connectivity index (χ1) is 10.5. The lowest BCUT2D eigenvalue weighted by Crippen LogP contribution is -2.25. The normalized spacial score (nSPS) is 12.5. The first-order valence-corrected chi connectivity index (χ1v) is 8.03. The lowest BCUT2D eigenvalue weighted by molar-refractivity contribution is -0.137. The SMILES string of the molecule is COc1c(Br)ccc2c1sc1ncnc(N[C@@H](C)C(=O)O)c12. The summed E-state index contributed by atoms with van der Waals surface area (Å²) in [6, 6.07) is 3.09. The molecule has 0 radical (unpaired) electrons. The van der Waals surface area contributed by atoms with Crippen molar-refractivity contribution in [2.24, 2.45) is 0 Å². The van der Waals surface area contributed by atoms with Crippen molar-refractivity contribution in [3.8, 4) is 5.75 Å². The molecule has 0 fully saturated rings. The summed E-state index contributed by atoms with van der Waals surface area (Å²) in [7, 11) is 1.61. The van der Waals surface area contributed by atoms with E-state index in [1.807, 2.05) is 12.1 Å². The van der Waals surface area contributed by atoms with Crippen LogP contribution in [0.5, 0.6) is 5.75 Å². The van der Waals surface area contributed by atoms with Gasteiger partial charge < -0.3 is 15.2 Å². The molecule has 0 unspecified atom stereocenters. The Bertz CT molecular complexity index is 881. The molecule has 0 saturated carbocycles. The predicted molar refractivity (Wildman–Crippen MR) is 89.9 cm³/mol. The van der Waals surface area contributed by atoms with Gasteiger partial charge in [0.25, 0.3) is 0 Å². The monoisotopic (exact) mass is 381 g/mol. The van der Waals surface area contributed by atoms with Crippen LogP contribution in [0.1, 0.15) is 6.92 Å². The third kappa shape index (κ3) is 2.38. The van der Waals surface area contributed by atoms with E-state index in [2.05, 4.69) is 31.2 Å². The zero-order valence-corrected chi connectivity index (χ0v) is 14.2. The fourth-order valence-electron chi connectivity index (χ4n) is 2.19. The molecule has 0 bridgehead atoms. The number of aromatic nitrogens is 2. The molecular formula is C14H12BrN3O3S. The highest BCUT2D eigenvalue weighted by Crippen LogP contribution is 2.43. The third-order valence-electron chi connectivity index (χ3n) is 3.27. The van der Waals surface area contributed by atoms with Crippen LogP contribution in [0.2, 0.25) is 0 Å². The molecule has 3 rings (SSSR count). The summed E-state index contributed by atoms with van der Waals surface area (Å²) in [6.45, 7) is 1.57. The topological polar surface area (TPSA) is 84.3 Å². The first-order valence-electron chi connectivity index (χ1n) is 6.42. The summed E-state index contributed by atoms with van der Waals surface area (Å²) >= 11 is 4.95. The standard InChI is InChI=1S/C14H12BrN3O3S/c1-6(14(19)20)18-12-9-7-3-4-8(15)10(21-2)11(7)22-13(9)17-5-16-12/h3-6H,1-2H3,(H,19,20)(H,16,17,18)/t6-/m0/s1. The summed E-state index contributed by atoms with van der Waals surface area (Å²) < 4.78 is 7.25. The van der Waals surface area contributed by atoms with Crippen LogP contribution in [0, 0.1) is 0 Å². The molecule has 2 heterocycles. The minimum Gasteiger partial charge on any atom is -0.494 e. The van der Waals surface area contributed by atoms with E-state index in [4.69, 9.17) is 9.84 Å². The molecule has 6 nitrogen and oxygen atoms in total. The average molecular weight is 382 g/mol. The number of methoxy groups -OCH3 is 1. The molecule has 0 amide bonds. The Morgan fingerprint density at radius 3 is 2.91 bits per heavy atom. The largest absolute Gasteiger partial charge is 0.494 e. The fourth-order valence-corrected chi connectivity index (χ4v) is 3.98. The molecule has 114 valence electrons. The van der Waals surface area contributed by atoms with Gasteiger partial charge in [0, 0.05) is 5.39 Å². The van der Waals surface area contributed by atoms with E-state index in [0.717, 1.165) is 30.5 Å². The van der Waals surface area contributed by atoms with E-state index >= 15 is 0 Å². The number of carboxylic acids is 1. The Labute approximate surface area is 138 Å². The number of hydrogen-bond acceptors (Lipinski definition) is 6. The molecule has 1 aromatic carbocycles. The van der Waals surface area contributed by atoms with Crippen molar-refractivity contribution >= 4 is 59.4 Å². The van der Waals surface area contributed by atoms with Gasteiger partial charge in [0.2, 0.25) is 0 Å². The van der Waals surface area contributed by atoms with Crippen LogP contribution in [0.15, 0.2) is 22.9 Å². The second kappa shape index (κ2) is 5.69. The number of hydrogen-bond donors (Lipinski definition) is 2. The van der Waals surface area contributed by atoms with Crippen LogP contribution >= 0.6 is 27.3 Å². The molecule has 0 aliphatic heterocycles. The van der Waals surface area contributed by atoms with Gasteiger partial charge in [0.05, 0.1) is 21.7 Å². The second-order valence-corrected chi connectivity index (χ2v) is 6.52. The van der Waals surface area contributed by atoms with Crippen LogP contribution in [0.4, 0.5) is 5.82 Å². The van der Waals surface area contributed by atoms with Gasteiger partial charge >= 0.3 is 5.97 Å². The van der Waals surface area contributed by atoms with Crippen molar-refractivity contribution in [2.45, 2.75) is 13.0 Å². The molecule has 0 saturated heterocycles. The molecule has 0 spiro atoms. The number of nitrogens with one attached hydrogen (secondary N) is 1. The summed E-state index contributed by atoms with van der Waals surface area (Å²) in [5.41, 5.74) is 0. The van der Waals surface area contributed by atoms with E-state index < -0.39 is 12.0 Å². The van der Waals surface area contributed by atoms with Crippen molar-refractivity contribution in [3.05, 3.63) is 22.9 Å². The minimum absolute atomic E-state index is 0.510. The molecular weight excluding hydrogens is 370 g/mol. The number of anilines is 1. The fraction of sp³-hybridized carbons (Fsp3) is 0.214. The number of rotatable bonds is 4. The van der Waals surface area contributed by atoms with Crippen molar-refractivity contribution in [3.63, 3.8) is 0 Å². The maximum atomic E-state index is 11.1. The van der Waals surface area contributed by atoms with Crippen LogP contribution < -0.4 is 10.1 Å². The van der Waals surface area contributed by atoms with Gasteiger partial charge in [0.15, 0.2) is 5.75 Å². The van der Waals surface area contributed by atoms with Crippen molar-refractivity contribution in [2.75, 3.05) is 12.4 Å². The van der Waals surface area contributed by atoms with Crippen LogP contribution in [-0.4, -0.2) is 34.2 Å². The highest BCUT2D eigenvalue weighted by molar-refractivity contribution is 9.10. The lowest BCUT2D eigenvalue weighted by Gasteiger charge is -2.10. The smallest absolute Gasteiger partial charge is 0.325 e. The Morgan fingerprint density at radius 1 is 1.45 bits per heavy atom. The van der Waals surface area contributed by atoms with Gasteiger partial charge in [-0.15, -0.1) is 11.3 Å². The molecule has 0 aliphatic rings. The molecule has 22 heavy (non-hydrogen) atoms. The highest BCUT2D eigenvalue weighted by atomic mass is 79.9. The van der Waals surface area contributed by atoms with Crippen LogP contribution in [0.3, 0.4) is 0 Å². The van der Waals surface area contributed by atoms with Gasteiger partial charge in [-0.3, -0.25) is 4.79 Å². The molecule has 1 atom stereocenters. The number of carboxylic acid groups (broad SMARTS) is 1. The zero-order valence-electron chi connectivity index (χ0n) is 11.8. The first kappa shape index (κ1) is 15.0. The number of benzene rings is 1. The Morgan fingerprint density at radius 2 is 2.23 bits per heavy atom. The maximum Gasteiger partial charge on any atom is 0.325 e. The molecule has 2 N–H and O–H groups in total. The molecule has 0 aliphatic carbocycles. The van der Waals surface area contributed by atoms with Crippen LogP contribution in [0.25, 0.3) is 20.3 Å². The van der Waals surface area contributed by atoms with Gasteiger partial charge in [-0.05, 0) is 28.9 Å². The van der Waals surface area contributed by atoms with Crippen LogP contribution in [-0.2, 0) is 4.79 Å². The minimum atomic E-state index is -0.938. The third-order valence-corrected chi connectivity index (χ3v) is 5.01. The highest BCUT2D eigenvalue weighted by Gasteiger charge is 2.19. The number of nitrogens with zero attached hydrogens (tertiary/aromatic N) is 2. The lowest BCUT2D eigenvalue weighted by atomic mass is 10.2. The predicted octanol–water partition coefficient (Wildman–Crippen LogP) is 3.50. The summed E-state index contributed by atoms with van der Waals surface area (Å²) in [5.74, 6) is 0.305. The van der Waals surface area contributed by atoms with E-state index in [-0.39, 0.29) is 0 Å². The summed E-state index contributed by atoms with van der Waals surface area (Å²) in [4.78, 5) is 20.3. The quantitative estimate of drug-likeness (QED) is 0.719. The van der Waals surface area contributed by atoms with E-state index in [1.54, 1.807) is 14.0 Å². The average Bonchev–Trinajstić information content (AvgIpc) is 2.86. The molecule has 2 aromatic heterocycles. The number of fused-ring (bicyclic) bond motifs is 3. The van der Waals surface area contributed by atoms with E-state index in [9.17, 15) is 4.79 Å². The molecule has 3 aromatic rings. The Balaban J connectivity index is 2.27. The molecule has 8 heteroatoms. The number of ether oxygens (including phenoxy) is 1.